The third kappa shape index (κ3) is 5.90. The molecule has 2 N–H and O–H groups in total. The third-order valence-electron chi connectivity index (χ3n) is 4.63. The van der Waals surface area contributed by atoms with Crippen molar-refractivity contribution < 1.29 is 9.47 Å². The van der Waals surface area contributed by atoms with Crippen LogP contribution >= 0.6 is 0 Å². The normalized spacial score (nSPS) is 17.4. The molecule has 2 rings (SSSR count). The van der Waals surface area contributed by atoms with E-state index >= 15 is 0 Å². The van der Waals surface area contributed by atoms with Gasteiger partial charge in [0, 0.05) is 44.8 Å². The molecule has 1 aliphatic heterocycles. The van der Waals surface area contributed by atoms with Gasteiger partial charge in [0.2, 0.25) is 0 Å². The molecule has 0 spiro atoms. The Morgan fingerprint density at radius 1 is 1.24 bits per heavy atom. The van der Waals surface area contributed by atoms with Crippen LogP contribution in [0.5, 0.6) is 5.75 Å². The number of ether oxygens (including phenoxy) is 2. The molecule has 0 bridgehead atoms. The fourth-order valence-corrected chi connectivity index (χ4v) is 3.15. The lowest BCUT2D eigenvalue weighted by Gasteiger charge is -2.37. The van der Waals surface area contributed by atoms with Gasteiger partial charge in [-0.3, -0.25) is 9.89 Å². The van der Waals surface area contributed by atoms with Gasteiger partial charge >= 0.3 is 0 Å². The van der Waals surface area contributed by atoms with Gasteiger partial charge in [-0.2, -0.15) is 0 Å². The molecule has 140 valence electrons. The van der Waals surface area contributed by atoms with Gasteiger partial charge in [0.05, 0.1) is 20.3 Å². The number of morpholine rings is 1. The van der Waals surface area contributed by atoms with Gasteiger partial charge in [-0.15, -0.1) is 0 Å². The number of benzene rings is 1. The molecule has 0 aromatic heterocycles. The Labute approximate surface area is 151 Å². The minimum absolute atomic E-state index is 0.466. The predicted octanol–water partition coefficient (Wildman–Crippen LogP) is 1.72. The number of nitrogens with one attached hydrogen (secondary N) is 2. The van der Waals surface area contributed by atoms with Crippen LogP contribution in [0.15, 0.2) is 29.3 Å². The van der Waals surface area contributed by atoms with Crippen molar-refractivity contribution in [1.82, 2.24) is 15.5 Å². The SMILES string of the molecule is CN=C(NCc1ccccc1OC)NCC(C(C)C)N1CCOCC1. The largest absolute Gasteiger partial charge is 0.496 e. The number of aliphatic imine (C=N–C) groups is 1. The van der Waals surface area contributed by atoms with Gasteiger partial charge in [-0.25, -0.2) is 0 Å². The van der Waals surface area contributed by atoms with E-state index in [9.17, 15) is 0 Å². The third-order valence-corrected chi connectivity index (χ3v) is 4.63. The number of hydrogen-bond acceptors (Lipinski definition) is 4. The second-order valence-corrected chi connectivity index (χ2v) is 6.58. The summed E-state index contributed by atoms with van der Waals surface area (Å²) in [7, 11) is 3.50. The Morgan fingerprint density at radius 3 is 2.60 bits per heavy atom. The van der Waals surface area contributed by atoms with Gasteiger partial charge in [-0.1, -0.05) is 32.0 Å². The lowest BCUT2D eigenvalue weighted by molar-refractivity contribution is 0.00752. The molecule has 0 saturated carbocycles. The van der Waals surface area contributed by atoms with E-state index in [2.05, 4.69) is 40.4 Å². The van der Waals surface area contributed by atoms with E-state index in [0.717, 1.165) is 50.1 Å². The van der Waals surface area contributed by atoms with Crippen LogP contribution in [0, 0.1) is 5.92 Å². The van der Waals surface area contributed by atoms with E-state index in [1.165, 1.54) is 0 Å². The summed E-state index contributed by atoms with van der Waals surface area (Å²) in [5, 5.41) is 6.84. The molecule has 0 aliphatic carbocycles. The van der Waals surface area contributed by atoms with Gasteiger partial charge in [-0.05, 0) is 12.0 Å². The standard InChI is InChI=1S/C19H32N4O2/c1-15(2)17(23-9-11-25-12-10-23)14-22-19(20-3)21-13-16-7-5-6-8-18(16)24-4/h5-8,15,17H,9-14H2,1-4H3,(H2,20,21,22). The monoisotopic (exact) mass is 348 g/mol. The van der Waals surface area contributed by atoms with Crippen LogP contribution in [0.2, 0.25) is 0 Å². The number of guanidine groups is 1. The minimum atomic E-state index is 0.466. The van der Waals surface area contributed by atoms with E-state index in [1.807, 2.05) is 18.2 Å². The maximum atomic E-state index is 5.48. The summed E-state index contributed by atoms with van der Waals surface area (Å²) in [6.45, 7) is 9.72. The Kier molecular flexibility index (Phi) is 8.01. The fraction of sp³-hybridized carbons (Fsp3) is 0.632. The number of nitrogens with zero attached hydrogens (tertiary/aromatic N) is 2. The van der Waals surface area contributed by atoms with Crippen molar-refractivity contribution in [1.29, 1.82) is 0 Å². The highest BCUT2D eigenvalue weighted by Gasteiger charge is 2.23. The van der Waals surface area contributed by atoms with Crippen LogP contribution in [0.25, 0.3) is 0 Å². The van der Waals surface area contributed by atoms with Crippen LogP contribution in [0.1, 0.15) is 19.4 Å². The molecule has 1 atom stereocenters. The molecule has 25 heavy (non-hydrogen) atoms. The molecule has 1 aromatic rings. The summed E-state index contributed by atoms with van der Waals surface area (Å²) in [6, 6.07) is 8.49. The molecule has 1 fully saturated rings. The average molecular weight is 348 g/mol. The van der Waals surface area contributed by atoms with Crippen molar-refractivity contribution in [3.63, 3.8) is 0 Å². The molecule has 0 amide bonds. The van der Waals surface area contributed by atoms with Gasteiger partial charge in [0.1, 0.15) is 5.75 Å². The van der Waals surface area contributed by atoms with Crippen molar-refractivity contribution in [2.45, 2.75) is 26.4 Å². The van der Waals surface area contributed by atoms with Crippen molar-refractivity contribution in [2.75, 3.05) is 47.0 Å². The second kappa shape index (κ2) is 10.3. The Bertz CT molecular complexity index is 542. The van der Waals surface area contributed by atoms with Crippen molar-refractivity contribution in [3.05, 3.63) is 29.8 Å². The van der Waals surface area contributed by atoms with Crippen LogP contribution in [-0.2, 0) is 11.3 Å². The van der Waals surface area contributed by atoms with Crippen molar-refractivity contribution in [3.8, 4) is 5.75 Å². The Hall–Kier alpha value is -1.79. The molecule has 1 saturated heterocycles. The summed E-state index contributed by atoms with van der Waals surface area (Å²) in [5.74, 6) is 2.27. The molecule has 6 heteroatoms. The van der Waals surface area contributed by atoms with Crippen LogP contribution in [-0.4, -0.2) is 63.9 Å². The average Bonchev–Trinajstić information content (AvgIpc) is 2.65. The van der Waals surface area contributed by atoms with Gasteiger partial charge < -0.3 is 20.1 Å². The lowest BCUT2D eigenvalue weighted by Crippen LogP contribution is -2.52. The van der Waals surface area contributed by atoms with Crippen LogP contribution in [0.3, 0.4) is 0 Å². The van der Waals surface area contributed by atoms with Crippen LogP contribution < -0.4 is 15.4 Å². The molecule has 1 aliphatic rings. The molecule has 0 radical (unpaired) electrons. The molecule has 1 heterocycles. The summed E-state index contributed by atoms with van der Waals surface area (Å²) in [5.41, 5.74) is 1.11. The zero-order chi connectivity index (χ0) is 18.1. The topological polar surface area (TPSA) is 58.1 Å². The second-order valence-electron chi connectivity index (χ2n) is 6.58. The van der Waals surface area contributed by atoms with Gasteiger partial charge in [0.15, 0.2) is 5.96 Å². The first-order valence-corrected chi connectivity index (χ1v) is 9.04. The summed E-state index contributed by atoms with van der Waals surface area (Å²) < 4.78 is 10.9. The van der Waals surface area contributed by atoms with Gasteiger partial charge in [0.25, 0.3) is 0 Å². The predicted molar refractivity (Wildman–Crippen MR) is 102 cm³/mol. The first kappa shape index (κ1) is 19.5. The first-order chi connectivity index (χ1) is 12.2. The highest BCUT2D eigenvalue weighted by atomic mass is 16.5. The maximum absolute atomic E-state index is 5.48. The Balaban J connectivity index is 1.88. The van der Waals surface area contributed by atoms with E-state index in [4.69, 9.17) is 9.47 Å². The maximum Gasteiger partial charge on any atom is 0.191 e. The zero-order valence-electron chi connectivity index (χ0n) is 15.9. The number of methoxy groups -OCH3 is 1. The number of para-hydroxylation sites is 1. The first-order valence-electron chi connectivity index (χ1n) is 9.04. The summed E-state index contributed by atoms with van der Waals surface area (Å²) in [4.78, 5) is 6.85. The molecule has 1 aromatic carbocycles. The summed E-state index contributed by atoms with van der Waals surface area (Å²) >= 11 is 0. The highest BCUT2D eigenvalue weighted by Crippen LogP contribution is 2.16. The van der Waals surface area contributed by atoms with E-state index in [1.54, 1.807) is 14.2 Å². The Morgan fingerprint density at radius 2 is 1.96 bits per heavy atom. The smallest absolute Gasteiger partial charge is 0.191 e. The van der Waals surface area contributed by atoms with E-state index < -0.39 is 0 Å². The lowest BCUT2D eigenvalue weighted by atomic mass is 10.0. The minimum Gasteiger partial charge on any atom is -0.496 e. The van der Waals surface area contributed by atoms with Crippen molar-refractivity contribution in [2.24, 2.45) is 10.9 Å². The van der Waals surface area contributed by atoms with E-state index in [0.29, 0.717) is 18.5 Å². The quantitative estimate of drug-likeness (QED) is 0.580. The molecular formula is C19H32N4O2. The number of hydrogen-bond donors (Lipinski definition) is 2. The van der Waals surface area contributed by atoms with Crippen molar-refractivity contribution >= 4 is 5.96 Å². The van der Waals surface area contributed by atoms with Crippen LogP contribution in [0.4, 0.5) is 0 Å². The zero-order valence-corrected chi connectivity index (χ0v) is 15.9. The molecule has 1 unspecified atom stereocenters. The highest BCUT2D eigenvalue weighted by molar-refractivity contribution is 5.79. The fourth-order valence-electron chi connectivity index (χ4n) is 3.15. The van der Waals surface area contributed by atoms with E-state index in [-0.39, 0.29) is 0 Å². The molecule has 6 nitrogen and oxygen atoms in total. The number of rotatable bonds is 7. The molecular weight excluding hydrogens is 316 g/mol. The summed E-state index contributed by atoms with van der Waals surface area (Å²) in [6.07, 6.45) is 0.